The summed E-state index contributed by atoms with van der Waals surface area (Å²) in [5.74, 6) is -0.535. The Hall–Kier alpha value is -1.19. The standard InChI is InChI=1S/C14H17IN2O4/c1-20-14(19)12-9-21-7-6-17(12)8-13(18)16-11-5-3-2-4-10(11)15/h2-5,12H,6-9H2,1H3,(H,16,18). The lowest BCUT2D eigenvalue weighted by Crippen LogP contribution is -2.52. The van der Waals surface area contributed by atoms with Gasteiger partial charge in [0.05, 0.1) is 32.6 Å². The van der Waals surface area contributed by atoms with E-state index in [1.165, 1.54) is 7.11 Å². The first-order valence-electron chi connectivity index (χ1n) is 6.56. The van der Waals surface area contributed by atoms with Crippen molar-refractivity contribution in [2.24, 2.45) is 0 Å². The van der Waals surface area contributed by atoms with Gasteiger partial charge < -0.3 is 14.8 Å². The van der Waals surface area contributed by atoms with Crippen LogP contribution in [-0.2, 0) is 19.1 Å². The number of methoxy groups -OCH3 is 1. The molecule has 0 saturated carbocycles. The van der Waals surface area contributed by atoms with Crippen molar-refractivity contribution in [3.8, 4) is 0 Å². The Labute approximate surface area is 136 Å². The molecule has 114 valence electrons. The molecule has 1 saturated heterocycles. The van der Waals surface area contributed by atoms with Crippen LogP contribution >= 0.6 is 22.6 Å². The number of nitrogens with one attached hydrogen (secondary N) is 1. The molecule has 1 aromatic carbocycles. The fourth-order valence-corrected chi connectivity index (χ4v) is 2.64. The Morgan fingerprint density at radius 2 is 2.24 bits per heavy atom. The second-order valence-corrected chi connectivity index (χ2v) is 5.77. The molecule has 21 heavy (non-hydrogen) atoms. The summed E-state index contributed by atoms with van der Waals surface area (Å²) >= 11 is 2.16. The number of rotatable bonds is 4. The van der Waals surface area contributed by atoms with Crippen LogP contribution in [0.15, 0.2) is 24.3 Å². The molecule has 1 unspecified atom stereocenters. The molecule has 1 aliphatic heterocycles. The molecule has 1 amide bonds. The third kappa shape index (κ3) is 4.39. The van der Waals surface area contributed by atoms with E-state index in [0.29, 0.717) is 13.2 Å². The van der Waals surface area contributed by atoms with Crippen LogP contribution in [-0.4, -0.2) is 56.2 Å². The number of benzene rings is 1. The van der Waals surface area contributed by atoms with Gasteiger partial charge in [-0.15, -0.1) is 0 Å². The van der Waals surface area contributed by atoms with Gasteiger partial charge in [0.15, 0.2) is 0 Å². The number of anilines is 1. The lowest BCUT2D eigenvalue weighted by molar-refractivity contribution is -0.153. The summed E-state index contributed by atoms with van der Waals surface area (Å²) in [6.45, 7) is 1.42. The van der Waals surface area contributed by atoms with E-state index in [0.717, 1.165) is 9.26 Å². The summed E-state index contributed by atoms with van der Waals surface area (Å²) in [6, 6.07) is 7.01. The smallest absolute Gasteiger partial charge is 0.325 e. The van der Waals surface area contributed by atoms with Crippen molar-refractivity contribution in [2.45, 2.75) is 6.04 Å². The van der Waals surface area contributed by atoms with E-state index >= 15 is 0 Å². The number of para-hydroxylation sites is 1. The third-order valence-corrected chi connectivity index (χ3v) is 4.15. The summed E-state index contributed by atoms with van der Waals surface area (Å²) in [7, 11) is 1.33. The molecule has 6 nitrogen and oxygen atoms in total. The highest BCUT2D eigenvalue weighted by atomic mass is 127. The molecular weight excluding hydrogens is 387 g/mol. The number of carbonyl (C=O) groups is 2. The Morgan fingerprint density at radius 1 is 1.48 bits per heavy atom. The van der Waals surface area contributed by atoms with Gasteiger partial charge in [-0.05, 0) is 34.7 Å². The summed E-state index contributed by atoms with van der Waals surface area (Å²) in [5, 5.41) is 2.85. The topological polar surface area (TPSA) is 67.9 Å². The van der Waals surface area contributed by atoms with E-state index in [2.05, 4.69) is 27.9 Å². The highest BCUT2D eigenvalue weighted by molar-refractivity contribution is 14.1. The van der Waals surface area contributed by atoms with Crippen molar-refractivity contribution < 1.29 is 19.1 Å². The predicted molar refractivity (Wildman–Crippen MR) is 86.0 cm³/mol. The zero-order chi connectivity index (χ0) is 15.2. The second kappa shape index (κ2) is 7.71. The van der Waals surface area contributed by atoms with E-state index in [1.807, 2.05) is 24.3 Å². The minimum atomic E-state index is -0.524. The van der Waals surface area contributed by atoms with Gasteiger partial charge in [-0.3, -0.25) is 14.5 Å². The summed E-state index contributed by atoms with van der Waals surface area (Å²) in [5.41, 5.74) is 0.769. The van der Waals surface area contributed by atoms with Crippen molar-refractivity contribution in [3.05, 3.63) is 27.8 Å². The molecule has 1 aliphatic rings. The van der Waals surface area contributed by atoms with Gasteiger partial charge in [-0.1, -0.05) is 12.1 Å². The number of esters is 1. The molecule has 0 aliphatic carbocycles. The van der Waals surface area contributed by atoms with Crippen LogP contribution < -0.4 is 5.32 Å². The van der Waals surface area contributed by atoms with Gasteiger partial charge in [0.25, 0.3) is 0 Å². The Morgan fingerprint density at radius 3 is 2.95 bits per heavy atom. The Bertz CT molecular complexity index is 523. The average Bonchev–Trinajstić information content (AvgIpc) is 2.49. The molecule has 1 heterocycles. The highest BCUT2D eigenvalue weighted by Crippen LogP contribution is 2.17. The number of nitrogens with zero attached hydrogens (tertiary/aromatic N) is 1. The van der Waals surface area contributed by atoms with Crippen molar-refractivity contribution in [3.63, 3.8) is 0 Å². The predicted octanol–water partition coefficient (Wildman–Crippen LogP) is 1.10. The zero-order valence-corrected chi connectivity index (χ0v) is 13.8. The highest BCUT2D eigenvalue weighted by Gasteiger charge is 2.31. The van der Waals surface area contributed by atoms with Gasteiger partial charge in [-0.25, -0.2) is 0 Å². The number of hydrogen-bond acceptors (Lipinski definition) is 5. The van der Waals surface area contributed by atoms with Crippen LogP contribution in [0, 0.1) is 3.57 Å². The summed E-state index contributed by atoms with van der Waals surface area (Å²) < 4.78 is 11.0. The van der Waals surface area contributed by atoms with Crippen molar-refractivity contribution >= 4 is 40.2 Å². The molecule has 1 N–H and O–H groups in total. The first-order valence-corrected chi connectivity index (χ1v) is 7.63. The van der Waals surface area contributed by atoms with E-state index in [1.54, 1.807) is 4.90 Å². The van der Waals surface area contributed by atoms with Crippen LogP contribution in [0.1, 0.15) is 0 Å². The fourth-order valence-electron chi connectivity index (χ4n) is 2.12. The minimum Gasteiger partial charge on any atom is -0.468 e. The van der Waals surface area contributed by atoms with E-state index in [4.69, 9.17) is 9.47 Å². The third-order valence-electron chi connectivity index (χ3n) is 3.21. The second-order valence-electron chi connectivity index (χ2n) is 4.61. The fraction of sp³-hybridized carbons (Fsp3) is 0.429. The van der Waals surface area contributed by atoms with Crippen LogP contribution in [0.5, 0.6) is 0 Å². The SMILES string of the molecule is COC(=O)C1COCCN1CC(=O)Nc1ccccc1I. The Balaban J connectivity index is 1.97. The quantitative estimate of drug-likeness (QED) is 0.602. The number of halogens is 1. The minimum absolute atomic E-state index is 0.133. The van der Waals surface area contributed by atoms with Crippen LogP contribution in [0.3, 0.4) is 0 Å². The van der Waals surface area contributed by atoms with Crippen LogP contribution in [0.25, 0.3) is 0 Å². The molecule has 1 fully saturated rings. The first-order chi connectivity index (χ1) is 10.1. The van der Waals surface area contributed by atoms with Crippen LogP contribution in [0.4, 0.5) is 5.69 Å². The molecule has 0 aromatic heterocycles. The van der Waals surface area contributed by atoms with E-state index in [9.17, 15) is 9.59 Å². The molecular formula is C14H17IN2O4. The monoisotopic (exact) mass is 404 g/mol. The van der Waals surface area contributed by atoms with Gasteiger partial charge in [0.1, 0.15) is 6.04 Å². The van der Waals surface area contributed by atoms with Crippen molar-refractivity contribution in [2.75, 3.05) is 38.7 Å². The van der Waals surface area contributed by atoms with Gasteiger partial charge in [0, 0.05) is 10.1 Å². The molecule has 2 rings (SSSR count). The average molecular weight is 404 g/mol. The van der Waals surface area contributed by atoms with Crippen molar-refractivity contribution in [1.29, 1.82) is 0 Å². The number of morpholine rings is 1. The van der Waals surface area contributed by atoms with Gasteiger partial charge in [0.2, 0.25) is 5.91 Å². The van der Waals surface area contributed by atoms with E-state index < -0.39 is 6.04 Å². The Kier molecular flexibility index (Phi) is 5.95. The summed E-state index contributed by atoms with van der Waals surface area (Å²) in [6.07, 6.45) is 0. The van der Waals surface area contributed by atoms with Gasteiger partial charge >= 0.3 is 5.97 Å². The molecule has 7 heteroatoms. The molecule has 1 atom stereocenters. The molecule has 0 spiro atoms. The maximum Gasteiger partial charge on any atom is 0.325 e. The van der Waals surface area contributed by atoms with Crippen molar-refractivity contribution in [1.82, 2.24) is 4.90 Å². The maximum absolute atomic E-state index is 12.1. The van der Waals surface area contributed by atoms with E-state index in [-0.39, 0.29) is 25.0 Å². The molecule has 0 bridgehead atoms. The largest absolute Gasteiger partial charge is 0.468 e. The zero-order valence-electron chi connectivity index (χ0n) is 11.7. The molecule has 0 radical (unpaired) electrons. The number of carbonyl (C=O) groups excluding carboxylic acids is 2. The lowest BCUT2D eigenvalue weighted by Gasteiger charge is -2.32. The summed E-state index contributed by atoms with van der Waals surface area (Å²) in [4.78, 5) is 25.6. The number of amides is 1. The normalized spacial score (nSPS) is 19.0. The molecule has 1 aromatic rings. The maximum atomic E-state index is 12.1. The lowest BCUT2D eigenvalue weighted by atomic mass is 10.2. The number of ether oxygens (including phenoxy) is 2. The van der Waals surface area contributed by atoms with Gasteiger partial charge in [-0.2, -0.15) is 0 Å². The van der Waals surface area contributed by atoms with Crippen LogP contribution in [0.2, 0.25) is 0 Å². The first kappa shape index (κ1) is 16.2. The number of hydrogen-bond donors (Lipinski definition) is 1.